The van der Waals surface area contributed by atoms with Crippen molar-refractivity contribution in [2.45, 2.75) is 102 Å². The van der Waals surface area contributed by atoms with Gasteiger partial charge in [0, 0.05) is 29.8 Å². The van der Waals surface area contributed by atoms with Gasteiger partial charge in [-0.05, 0) is 80.0 Å². The van der Waals surface area contributed by atoms with Gasteiger partial charge in [0.05, 0.1) is 6.10 Å². The Morgan fingerprint density at radius 2 is 1.80 bits per heavy atom. The number of hydrogen-bond donors (Lipinski definition) is 4. The minimum Gasteiger partial charge on any atom is -0.481 e. The fourth-order valence-corrected chi connectivity index (χ4v) is 8.64. The largest absolute Gasteiger partial charge is 0.481 e. The van der Waals surface area contributed by atoms with Crippen molar-refractivity contribution in [3.63, 3.8) is 0 Å². The highest BCUT2D eigenvalue weighted by Gasteiger charge is 2.71. The summed E-state index contributed by atoms with van der Waals surface area (Å²) in [6.45, 7) is 6.67. The van der Waals surface area contributed by atoms with Gasteiger partial charge in [-0.15, -0.1) is 0 Å². The van der Waals surface area contributed by atoms with Gasteiger partial charge >= 0.3 is 5.97 Å². The first-order chi connectivity index (χ1) is 13.9. The number of aliphatic hydroxyl groups excluding tert-OH is 1. The topological polar surface area (TPSA) is 127 Å². The van der Waals surface area contributed by atoms with Crippen LogP contribution in [0, 0.1) is 34.5 Å². The Labute approximate surface area is 180 Å². The molecule has 0 spiro atoms. The lowest BCUT2D eigenvalue weighted by atomic mass is 9.40. The van der Waals surface area contributed by atoms with E-state index in [0.29, 0.717) is 25.2 Å². The maximum absolute atomic E-state index is 13.6. The van der Waals surface area contributed by atoms with Crippen molar-refractivity contribution < 1.29 is 19.8 Å². The highest BCUT2D eigenvalue weighted by Crippen LogP contribution is 2.68. The van der Waals surface area contributed by atoms with Gasteiger partial charge in [-0.2, -0.15) is 0 Å². The molecule has 30 heavy (non-hydrogen) atoms. The Morgan fingerprint density at radius 1 is 1.13 bits per heavy atom. The van der Waals surface area contributed by atoms with Gasteiger partial charge in [0.15, 0.2) is 0 Å². The van der Waals surface area contributed by atoms with Gasteiger partial charge in [-0.3, -0.25) is 9.59 Å². The van der Waals surface area contributed by atoms with Gasteiger partial charge in [0.1, 0.15) is 5.78 Å². The van der Waals surface area contributed by atoms with E-state index in [9.17, 15) is 14.7 Å². The van der Waals surface area contributed by atoms with Crippen molar-refractivity contribution in [2.24, 2.45) is 46.0 Å². The van der Waals surface area contributed by atoms with E-state index in [4.69, 9.17) is 16.6 Å². The van der Waals surface area contributed by atoms with Gasteiger partial charge in [0.25, 0.3) is 0 Å². The molecule has 0 saturated heterocycles. The second-order valence-electron chi connectivity index (χ2n) is 11.7. The summed E-state index contributed by atoms with van der Waals surface area (Å²) in [5.41, 5.74) is 12.6. The number of ketones is 1. The fraction of sp³-hybridized carbons (Fsp3) is 0.917. The molecule has 4 aliphatic rings. The van der Waals surface area contributed by atoms with Gasteiger partial charge in [-0.25, -0.2) is 0 Å². The molecule has 6 nitrogen and oxygen atoms in total. The summed E-state index contributed by atoms with van der Waals surface area (Å²) < 4.78 is 0. The molecule has 0 bridgehead atoms. The number of fused-ring (bicyclic) bond motifs is 5. The van der Waals surface area contributed by atoms with Crippen molar-refractivity contribution in [3.05, 3.63) is 0 Å². The fourth-order valence-electron chi connectivity index (χ4n) is 8.64. The maximum Gasteiger partial charge on any atom is 0.303 e. The van der Waals surface area contributed by atoms with Crippen LogP contribution in [0.2, 0.25) is 0 Å². The Hall–Kier alpha value is -0.980. The molecular formula is C24H40N2O4. The number of carboxylic acid groups (broad SMARTS) is 1. The van der Waals surface area contributed by atoms with Crippen LogP contribution in [-0.2, 0) is 9.59 Å². The minimum atomic E-state index is -0.748. The summed E-state index contributed by atoms with van der Waals surface area (Å²) in [6.07, 6.45) is 6.55. The lowest BCUT2D eigenvalue weighted by Gasteiger charge is -2.66. The molecule has 0 amide bonds. The first kappa shape index (κ1) is 22.2. The smallest absolute Gasteiger partial charge is 0.303 e. The number of hydrogen-bond acceptors (Lipinski definition) is 5. The van der Waals surface area contributed by atoms with E-state index in [2.05, 4.69) is 20.8 Å². The molecule has 0 heterocycles. The summed E-state index contributed by atoms with van der Waals surface area (Å²) in [4.78, 5) is 24.7. The summed E-state index contributed by atoms with van der Waals surface area (Å²) in [5.74, 6) is 0.0670. The molecule has 4 fully saturated rings. The predicted octanol–water partition coefficient (Wildman–Crippen LogP) is 2.85. The zero-order valence-electron chi connectivity index (χ0n) is 18.8. The SMILES string of the molecule is C[C@H](CCC(=O)O)[C@H]1CC[C@@]2(N)C3C(=O)CC4(N)C[C@H](O)CCC4(C)[C@H]3CC[C@]12C. The van der Waals surface area contributed by atoms with Crippen LogP contribution in [-0.4, -0.2) is 39.1 Å². The molecule has 3 unspecified atom stereocenters. The van der Waals surface area contributed by atoms with E-state index >= 15 is 0 Å². The molecule has 4 saturated carbocycles. The van der Waals surface area contributed by atoms with Crippen LogP contribution in [0.3, 0.4) is 0 Å². The number of carboxylic acids is 1. The Balaban J connectivity index is 1.66. The van der Waals surface area contributed by atoms with E-state index < -0.39 is 23.2 Å². The zero-order chi connectivity index (χ0) is 22.1. The highest BCUT2D eigenvalue weighted by atomic mass is 16.4. The summed E-state index contributed by atoms with van der Waals surface area (Å²) in [7, 11) is 0. The van der Waals surface area contributed by atoms with Crippen molar-refractivity contribution in [3.8, 4) is 0 Å². The van der Waals surface area contributed by atoms with Crippen LogP contribution in [0.1, 0.15) is 85.0 Å². The molecule has 0 aliphatic heterocycles. The summed E-state index contributed by atoms with van der Waals surface area (Å²) >= 11 is 0. The minimum absolute atomic E-state index is 0.152. The average Bonchev–Trinajstić information content (AvgIpc) is 2.92. The number of aliphatic hydroxyl groups is 1. The van der Waals surface area contributed by atoms with Crippen molar-refractivity contribution in [2.75, 3.05) is 0 Å². The molecule has 0 aromatic rings. The average molecular weight is 421 g/mol. The molecule has 4 rings (SSSR count). The number of aliphatic carboxylic acids is 1. The number of nitrogens with two attached hydrogens (primary N) is 2. The quantitative estimate of drug-likeness (QED) is 0.554. The molecule has 6 heteroatoms. The first-order valence-electron chi connectivity index (χ1n) is 11.9. The van der Waals surface area contributed by atoms with E-state index in [1.54, 1.807) is 0 Å². The summed E-state index contributed by atoms with van der Waals surface area (Å²) in [6, 6.07) is 0. The normalized spacial score (nSPS) is 51.6. The third-order valence-electron chi connectivity index (χ3n) is 10.6. The monoisotopic (exact) mass is 420 g/mol. The molecule has 0 aromatic heterocycles. The van der Waals surface area contributed by atoms with Crippen LogP contribution in [0.5, 0.6) is 0 Å². The number of rotatable bonds is 4. The van der Waals surface area contributed by atoms with E-state index in [0.717, 1.165) is 38.5 Å². The number of carbonyl (C=O) groups is 2. The van der Waals surface area contributed by atoms with Crippen LogP contribution in [0.15, 0.2) is 0 Å². The van der Waals surface area contributed by atoms with E-state index in [1.807, 2.05) is 0 Å². The molecule has 6 N–H and O–H groups in total. The highest BCUT2D eigenvalue weighted by molar-refractivity contribution is 5.86. The molecule has 4 aliphatic carbocycles. The van der Waals surface area contributed by atoms with Gasteiger partial charge < -0.3 is 21.7 Å². The number of Topliss-reactive ketones (excluding diaryl/α,β-unsaturated/α-hetero) is 1. The van der Waals surface area contributed by atoms with Crippen LogP contribution in [0.25, 0.3) is 0 Å². The Kier molecular flexibility index (Phi) is 5.19. The molecular weight excluding hydrogens is 380 g/mol. The van der Waals surface area contributed by atoms with Crippen molar-refractivity contribution in [1.82, 2.24) is 0 Å². The van der Waals surface area contributed by atoms with Crippen LogP contribution < -0.4 is 11.5 Å². The predicted molar refractivity (Wildman–Crippen MR) is 115 cm³/mol. The number of carbonyl (C=O) groups excluding carboxylic acids is 1. The van der Waals surface area contributed by atoms with Crippen molar-refractivity contribution in [1.29, 1.82) is 0 Å². The maximum atomic E-state index is 13.6. The zero-order valence-corrected chi connectivity index (χ0v) is 18.8. The lowest BCUT2D eigenvalue weighted by Crippen LogP contribution is -2.74. The van der Waals surface area contributed by atoms with E-state index in [1.165, 1.54) is 0 Å². The third-order valence-corrected chi connectivity index (χ3v) is 10.6. The summed E-state index contributed by atoms with van der Waals surface area (Å²) in [5, 5.41) is 19.4. The van der Waals surface area contributed by atoms with Crippen LogP contribution in [0.4, 0.5) is 0 Å². The Morgan fingerprint density at radius 3 is 2.47 bits per heavy atom. The first-order valence-corrected chi connectivity index (χ1v) is 11.9. The molecule has 170 valence electrons. The van der Waals surface area contributed by atoms with Gasteiger partial charge in [0.2, 0.25) is 0 Å². The standard InChI is InChI=1S/C24H40N2O4/c1-14(4-5-19(29)30)16-8-11-24(26)20-17(7-10-22(16,24)3)21(2)9-6-15(27)12-23(21,25)13-18(20)28/h14-17,20,27H,4-13,25-26H2,1-3H3,(H,29,30)/t14-,15-,16-,17+,20?,21?,22-,23?,24-/m1/s1. The second-order valence-corrected chi connectivity index (χ2v) is 11.7. The lowest BCUT2D eigenvalue weighted by molar-refractivity contribution is -0.169. The molecule has 0 aromatic carbocycles. The molecule has 0 radical (unpaired) electrons. The third kappa shape index (κ3) is 2.86. The van der Waals surface area contributed by atoms with Crippen LogP contribution >= 0.6 is 0 Å². The molecule has 9 atom stereocenters. The van der Waals surface area contributed by atoms with Gasteiger partial charge in [-0.1, -0.05) is 20.8 Å². The van der Waals surface area contributed by atoms with E-state index in [-0.39, 0.29) is 40.8 Å². The second kappa shape index (κ2) is 7.01. The van der Waals surface area contributed by atoms with Crippen molar-refractivity contribution >= 4 is 11.8 Å². The Bertz CT molecular complexity index is 743.